The molecule has 0 saturated heterocycles. The van der Waals surface area contributed by atoms with E-state index >= 15 is 0 Å². The predicted octanol–water partition coefficient (Wildman–Crippen LogP) is 4.19. The molecule has 148 valence electrons. The predicted molar refractivity (Wildman–Crippen MR) is 111 cm³/mol. The molecule has 1 unspecified atom stereocenters. The lowest BCUT2D eigenvalue weighted by Gasteiger charge is -2.17. The number of thiocarbonyl (C=S) groups is 1. The number of rotatable bonds is 6. The quantitative estimate of drug-likeness (QED) is 0.391. The highest BCUT2D eigenvalue weighted by molar-refractivity contribution is 7.80. The number of halogens is 2. The fraction of sp³-hybridized carbons (Fsp3) is 0.176. The Morgan fingerprint density at radius 2 is 1.93 bits per heavy atom. The number of methoxy groups -OCH3 is 1. The average molecular weight is 444 g/mol. The second kappa shape index (κ2) is 9.54. The third-order valence-electron chi connectivity index (χ3n) is 3.45. The maximum atomic E-state index is 12.3. The van der Waals surface area contributed by atoms with Gasteiger partial charge in [0.15, 0.2) is 11.2 Å². The summed E-state index contributed by atoms with van der Waals surface area (Å²) in [5.41, 5.74) is 0.215. The molecule has 8 nitrogen and oxygen atoms in total. The van der Waals surface area contributed by atoms with Crippen molar-refractivity contribution in [2.24, 2.45) is 0 Å². The van der Waals surface area contributed by atoms with Crippen LogP contribution < -0.4 is 20.1 Å². The number of carbonyl (C=O) groups is 1. The molecule has 0 spiro atoms. The van der Waals surface area contributed by atoms with E-state index in [-0.39, 0.29) is 21.6 Å². The van der Waals surface area contributed by atoms with Crippen molar-refractivity contribution >= 4 is 57.8 Å². The van der Waals surface area contributed by atoms with Gasteiger partial charge in [-0.15, -0.1) is 0 Å². The van der Waals surface area contributed by atoms with Gasteiger partial charge in [-0.05, 0) is 43.4 Å². The highest BCUT2D eigenvalue weighted by atomic mass is 35.5. The third kappa shape index (κ3) is 5.69. The summed E-state index contributed by atoms with van der Waals surface area (Å²) >= 11 is 16.9. The molecule has 2 aromatic carbocycles. The van der Waals surface area contributed by atoms with Gasteiger partial charge < -0.3 is 14.8 Å². The number of ether oxygens (including phenoxy) is 2. The van der Waals surface area contributed by atoms with Gasteiger partial charge >= 0.3 is 0 Å². The SMILES string of the molecule is COc1cc([N+](=O)[O-])ccc1NC(=S)NC(=O)C(C)Oc1ccc(Cl)cc1Cl. The fourth-order valence-corrected chi connectivity index (χ4v) is 2.74. The molecule has 2 rings (SSSR count). The number of carbonyl (C=O) groups excluding carboxylic acids is 1. The zero-order chi connectivity index (χ0) is 20.8. The monoisotopic (exact) mass is 443 g/mol. The van der Waals surface area contributed by atoms with Crippen molar-refractivity contribution < 1.29 is 19.2 Å². The molecule has 0 aliphatic rings. The number of hydrogen-bond acceptors (Lipinski definition) is 6. The minimum Gasteiger partial charge on any atom is -0.494 e. The van der Waals surface area contributed by atoms with Crippen molar-refractivity contribution in [3.8, 4) is 11.5 Å². The average Bonchev–Trinajstić information content (AvgIpc) is 2.63. The number of nitro benzene ring substituents is 1. The second-order valence-corrected chi connectivity index (χ2v) is 6.67. The molecule has 0 fully saturated rings. The Labute approximate surface area is 175 Å². The van der Waals surface area contributed by atoms with Crippen LogP contribution in [0.4, 0.5) is 11.4 Å². The van der Waals surface area contributed by atoms with E-state index < -0.39 is 16.9 Å². The number of amides is 1. The van der Waals surface area contributed by atoms with Gasteiger partial charge in [-0.3, -0.25) is 20.2 Å². The van der Waals surface area contributed by atoms with Crippen molar-refractivity contribution in [2.75, 3.05) is 12.4 Å². The lowest BCUT2D eigenvalue weighted by atomic mass is 10.2. The zero-order valence-corrected chi connectivity index (χ0v) is 17.0. The summed E-state index contributed by atoms with van der Waals surface area (Å²) in [6.45, 7) is 1.52. The minimum atomic E-state index is -0.905. The molecule has 2 N–H and O–H groups in total. The Morgan fingerprint density at radius 3 is 2.54 bits per heavy atom. The van der Waals surface area contributed by atoms with Crippen LogP contribution in [0.25, 0.3) is 0 Å². The summed E-state index contributed by atoms with van der Waals surface area (Å²) in [4.78, 5) is 22.6. The molecule has 0 bridgehead atoms. The van der Waals surface area contributed by atoms with Crippen LogP contribution in [0.2, 0.25) is 10.0 Å². The maximum absolute atomic E-state index is 12.3. The molecule has 0 aromatic heterocycles. The fourth-order valence-electron chi connectivity index (χ4n) is 2.08. The number of anilines is 1. The van der Waals surface area contributed by atoms with Gasteiger partial charge in [-0.1, -0.05) is 23.2 Å². The topological polar surface area (TPSA) is 103 Å². The van der Waals surface area contributed by atoms with E-state index in [0.717, 1.165) is 0 Å². The number of nitrogens with one attached hydrogen (secondary N) is 2. The number of hydrogen-bond donors (Lipinski definition) is 2. The normalized spacial score (nSPS) is 11.3. The van der Waals surface area contributed by atoms with E-state index in [4.69, 9.17) is 44.9 Å². The molecule has 0 aliphatic carbocycles. The molecular formula is C17H15Cl2N3O5S. The summed E-state index contributed by atoms with van der Waals surface area (Å²) < 4.78 is 10.6. The molecule has 1 atom stereocenters. The number of benzene rings is 2. The first kappa shape index (κ1) is 21.7. The second-order valence-electron chi connectivity index (χ2n) is 5.42. The minimum absolute atomic E-state index is 0.0326. The first-order valence-electron chi connectivity index (χ1n) is 7.77. The summed E-state index contributed by atoms with van der Waals surface area (Å²) in [7, 11) is 1.36. The van der Waals surface area contributed by atoms with Gasteiger partial charge in [0.2, 0.25) is 0 Å². The summed E-state index contributed by atoms with van der Waals surface area (Å²) in [5, 5.41) is 16.7. The van der Waals surface area contributed by atoms with Gasteiger partial charge in [0, 0.05) is 11.1 Å². The Balaban J connectivity index is 2.00. The first-order valence-corrected chi connectivity index (χ1v) is 8.93. The molecular weight excluding hydrogens is 429 g/mol. The third-order valence-corrected chi connectivity index (χ3v) is 4.18. The number of non-ortho nitro benzene ring substituents is 1. The van der Waals surface area contributed by atoms with Gasteiger partial charge in [-0.25, -0.2) is 0 Å². The molecule has 0 heterocycles. The van der Waals surface area contributed by atoms with E-state index in [0.29, 0.717) is 16.5 Å². The highest BCUT2D eigenvalue weighted by Crippen LogP contribution is 2.29. The van der Waals surface area contributed by atoms with Crippen molar-refractivity contribution in [2.45, 2.75) is 13.0 Å². The lowest BCUT2D eigenvalue weighted by Crippen LogP contribution is -2.42. The summed E-state index contributed by atoms with van der Waals surface area (Å²) in [5.74, 6) is -0.0305. The Morgan fingerprint density at radius 1 is 1.21 bits per heavy atom. The van der Waals surface area contributed by atoms with Gasteiger partial charge in [0.1, 0.15) is 11.5 Å². The van der Waals surface area contributed by atoms with Gasteiger partial charge in [0.05, 0.1) is 28.8 Å². The molecule has 11 heteroatoms. The van der Waals surface area contributed by atoms with Crippen LogP contribution in [0.1, 0.15) is 6.92 Å². The molecule has 0 aliphatic heterocycles. The molecule has 1 amide bonds. The Bertz CT molecular complexity index is 926. The largest absolute Gasteiger partial charge is 0.494 e. The molecule has 0 radical (unpaired) electrons. The summed E-state index contributed by atoms with van der Waals surface area (Å²) in [6.07, 6.45) is -0.905. The van der Waals surface area contributed by atoms with Gasteiger partial charge in [-0.2, -0.15) is 0 Å². The highest BCUT2D eigenvalue weighted by Gasteiger charge is 2.19. The van der Waals surface area contributed by atoms with Crippen molar-refractivity contribution in [1.29, 1.82) is 0 Å². The smallest absolute Gasteiger partial charge is 0.273 e. The standard InChI is InChI=1S/C17H15Cl2N3O5S/c1-9(27-14-6-3-10(18)7-12(14)19)16(23)21-17(28)20-13-5-4-11(22(24)25)8-15(13)26-2/h3-9H,1-2H3,(H2,20,21,23,28). The first-order chi connectivity index (χ1) is 13.2. The van der Waals surface area contributed by atoms with Crippen LogP contribution in [-0.2, 0) is 4.79 Å². The van der Waals surface area contributed by atoms with E-state index in [1.54, 1.807) is 12.1 Å². The van der Waals surface area contributed by atoms with Crippen LogP contribution >= 0.6 is 35.4 Å². The van der Waals surface area contributed by atoms with Crippen molar-refractivity contribution in [1.82, 2.24) is 5.32 Å². The van der Waals surface area contributed by atoms with Crippen molar-refractivity contribution in [3.05, 3.63) is 56.6 Å². The van der Waals surface area contributed by atoms with E-state index in [2.05, 4.69) is 10.6 Å². The molecule has 2 aromatic rings. The maximum Gasteiger partial charge on any atom is 0.273 e. The summed E-state index contributed by atoms with van der Waals surface area (Å²) in [6, 6.07) is 8.57. The number of nitrogens with zero attached hydrogens (tertiary/aromatic N) is 1. The Hall–Kier alpha value is -2.62. The zero-order valence-electron chi connectivity index (χ0n) is 14.7. The lowest BCUT2D eigenvalue weighted by molar-refractivity contribution is -0.384. The van der Waals surface area contributed by atoms with Crippen LogP contribution in [-0.4, -0.2) is 29.2 Å². The molecule has 0 saturated carbocycles. The number of nitro groups is 1. The van der Waals surface area contributed by atoms with E-state index in [1.165, 1.54) is 38.3 Å². The van der Waals surface area contributed by atoms with E-state index in [9.17, 15) is 14.9 Å². The Kier molecular flexibility index (Phi) is 7.38. The van der Waals surface area contributed by atoms with Crippen LogP contribution in [0.3, 0.4) is 0 Å². The van der Waals surface area contributed by atoms with Crippen LogP contribution in [0.5, 0.6) is 11.5 Å². The van der Waals surface area contributed by atoms with Crippen molar-refractivity contribution in [3.63, 3.8) is 0 Å². The van der Waals surface area contributed by atoms with Crippen LogP contribution in [0.15, 0.2) is 36.4 Å². The van der Waals surface area contributed by atoms with Gasteiger partial charge in [0.25, 0.3) is 11.6 Å². The van der Waals surface area contributed by atoms with Crippen LogP contribution in [0, 0.1) is 10.1 Å². The van der Waals surface area contributed by atoms with E-state index in [1.807, 2.05) is 0 Å². The molecule has 28 heavy (non-hydrogen) atoms.